The number of para-hydroxylation sites is 1. The third kappa shape index (κ3) is 4.73. The van der Waals surface area contributed by atoms with Crippen molar-refractivity contribution >= 4 is 5.91 Å². The number of ether oxygens (including phenoxy) is 1. The van der Waals surface area contributed by atoms with Crippen molar-refractivity contribution < 1.29 is 14.1 Å². The topological polar surface area (TPSA) is 68.5 Å². The summed E-state index contributed by atoms with van der Waals surface area (Å²) in [4.78, 5) is 19.0. The van der Waals surface area contributed by atoms with Gasteiger partial charge in [0.05, 0.1) is 0 Å². The molecule has 0 aliphatic carbocycles. The molecule has 2 aromatic carbocycles. The van der Waals surface area contributed by atoms with Gasteiger partial charge in [-0.05, 0) is 32.9 Å². The summed E-state index contributed by atoms with van der Waals surface area (Å²) in [5, 5.41) is 4.02. The standard InChI is InChI=1S/C21H23N3O3/c1-15(2)24(21(25)16(3)26-18-12-8-5-9-13-18)14-19-22-20(23-27-19)17-10-6-4-7-11-17/h4-13,15-16H,14H2,1-3H3. The highest BCUT2D eigenvalue weighted by atomic mass is 16.5. The number of rotatable bonds is 7. The van der Waals surface area contributed by atoms with Crippen LogP contribution in [0.1, 0.15) is 26.7 Å². The van der Waals surface area contributed by atoms with Crippen molar-refractivity contribution in [3.63, 3.8) is 0 Å². The van der Waals surface area contributed by atoms with Crippen LogP contribution in [0.5, 0.6) is 5.75 Å². The average Bonchev–Trinajstić information content (AvgIpc) is 3.15. The summed E-state index contributed by atoms with van der Waals surface area (Å²) in [6.45, 7) is 5.87. The van der Waals surface area contributed by atoms with Crippen molar-refractivity contribution in [1.29, 1.82) is 0 Å². The molecule has 1 unspecified atom stereocenters. The molecule has 0 N–H and O–H groups in total. The van der Waals surface area contributed by atoms with E-state index in [0.29, 0.717) is 17.5 Å². The fourth-order valence-electron chi connectivity index (χ4n) is 2.67. The average molecular weight is 365 g/mol. The van der Waals surface area contributed by atoms with Crippen LogP contribution in [0.25, 0.3) is 11.4 Å². The van der Waals surface area contributed by atoms with Gasteiger partial charge in [0.25, 0.3) is 5.91 Å². The summed E-state index contributed by atoms with van der Waals surface area (Å²) in [5.74, 6) is 1.43. The Morgan fingerprint density at radius 3 is 2.30 bits per heavy atom. The van der Waals surface area contributed by atoms with Crippen LogP contribution in [0.2, 0.25) is 0 Å². The molecule has 0 saturated heterocycles. The van der Waals surface area contributed by atoms with E-state index in [4.69, 9.17) is 9.26 Å². The summed E-state index contributed by atoms with van der Waals surface area (Å²) in [6.07, 6.45) is -0.619. The Bertz CT molecular complexity index is 863. The molecule has 1 aromatic heterocycles. The molecule has 0 saturated carbocycles. The smallest absolute Gasteiger partial charge is 0.264 e. The van der Waals surface area contributed by atoms with Gasteiger partial charge >= 0.3 is 0 Å². The molecule has 0 aliphatic heterocycles. The van der Waals surface area contributed by atoms with Crippen molar-refractivity contribution in [1.82, 2.24) is 15.0 Å². The second-order valence-corrected chi connectivity index (χ2v) is 6.51. The molecular weight excluding hydrogens is 342 g/mol. The number of aromatic nitrogens is 2. The van der Waals surface area contributed by atoms with Crippen molar-refractivity contribution in [3.05, 3.63) is 66.6 Å². The Morgan fingerprint density at radius 2 is 1.67 bits per heavy atom. The van der Waals surface area contributed by atoms with Crippen molar-refractivity contribution in [3.8, 4) is 17.1 Å². The van der Waals surface area contributed by atoms with Crippen molar-refractivity contribution in [2.24, 2.45) is 0 Å². The van der Waals surface area contributed by atoms with Gasteiger partial charge in [-0.2, -0.15) is 4.98 Å². The third-order valence-electron chi connectivity index (χ3n) is 4.12. The zero-order chi connectivity index (χ0) is 19.2. The Kier molecular flexibility index (Phi) is 5.86. The molecule has 3 aromatic rings. The highest BCUT2D eigenvalue weighted by Gasteiger charge is 2.26. The molecule has 27 heavy (non-hydrogen) atoms. The minimum Gasteiger partial charge on any atom is -0.481 e. The number of amides is 1. The van der Waals surface area contributed by atoms with E-state index in [1.165, 1.54) is 0 Å². The first kappa shape index (κ1) is 18.6. The van der Waals surface area contributed by atoms with Gasteiger partial charge in [0.1, 0.15) is 12.3 Å². The molecule has 0 bridgehead atoms. The number of hydrogen-bond acceptors (Lipinski definition) is 5. The van der Waals surface area contributed by atoms with Crippen LogP contribution in [-0.4, -0.2) is 33.1 Å². The Labute approximate surface area is 158 Å². The quantitative estimate of drug-likeness (QED) is 0.634. The second kappa shape index (κ2) is 8.49. The van der Waals surface area contributed by atoms with Crippen LogP contribution < -0.4 is 4.74 Å². The summed E-state index contributed by atoms with van der Waals surface area (Å²) < 4.78 is 11.1. The first-order valence-electron chi connectivity index (χ1n) is 8.95. The van der Waals surface area contributed by atoms with E-state index in [0.717, 1.165) is 5.56 Å². The van der Waals surface area contributed by atoms with Gasteiger partial charge in [-0.3, -0.25) is 4.79 Å². The summed E-state index contributed by atoms with van der Waals surface area (Å²) in [7, 11) is 0. The van der Waals surface area contributed by atoms with E-state index in [2.05, 4.69) is 10.1 Å². The predicted molar refractivity (Wildman–Crippen MR) is 102 cm³/mol. The number of hydrogen-bond donors (Lipinski definition) is 0. The van der Waals surface area contributed by atoms with E-state index in [1.54, 1.807) is 11.8 Å². The van der Waals surface area contributed by atoms with E-state index in [1.807, 2.05) is 74.5 Å². The third-order valence-corrected chi connectivity index (χ3v) is 4.12. The van der Waals surface area contributed by atoms with Crippen molar-refractivity contribution in [2.75, 3.05) is 0 Å². The number of carbonyl (C=O) groups excluding carboxylic acids is 1. The number of benzene rings is 2. The van der Waals surface area contributed by atoms with Gasteiger partial charge in [0.15, 0.2) is 6.10 Å². The molecule has 1 atom stereocenters. The lowest BCUT2D eigenvalue weighted by atomic mass is 10.2. The van der Waals surface area contributed by atoms with Gasteiger partial charge in [0.2, 0.25) is 11.7 Å². The van der Waals surface area contributed by atoms with Crippen LogP contribution in [-0.2, 0) is 11.3 Å². The summed E-state index contributed by atoms with van der Waals surface area (Å²) in [5.41, 5.74) is 0.871. The van der Waals surface area contributed by atoms with E-state index < -0.39 is 6.10 Å². The van der Waals surface area contributed by atoms with E-state index in [9.17, 15) is 4.79 Å². The van der Waals surface area contributed by atoms with Crippen LogP contribution in [0.4, 0.5) is 0 Å². The molecule has 140 valence electrons. The fraction of sp³-hybridized carbons (Fsp3) is 0.286. The molecule has 0 spiro atoms. The van der Waals surface area contributed by atoms with Gasteiger partial charge in [0, 0.05) is 11.6 Å². The molecule has 1 amide bonds. The van der Waals surface area contributed by atoms with Gasteiger partial charge < -0.3 is 14.2 Å². The molecule has 6 heteroatoms. The molecule has 0 radical (unpaired) electrons. The molecule has 0 aliphatic rings. The maximum Gasteiger partial charge on any atom is 0.264 e. The van der Waals surface area contributed by atoms with Crippen LogP contribution in [0, 0.1) is 0 Å². The van der Waals surface area contributed by atoms with Crippen LogP contribution in [0.15, 0.2) is 65.2 Å². The predicted octanol–water partition coefficient (Wildman–Crippen LogP) is 3.94. The lowest BCUT2D eigenvalue weighted by molar-refractivity contribution is -0.140. The Hall–Kier alpha value is -3.15. The molecule has 0 fully saturated rings. The molecule has 1 heterocycles. The zero-order valence-corrected chi connectivity index (χ0v) is 15.7. The lowest BCUT2D eigenvalue weighted by Gasteiger charge is -2.28. The monoisotopic (exact) mass is 365 g/mol. The number of carbonyl (C=O) groups is 1. The first-order chi connectivity index (χ1) is 13.0. The summed E-state index contributed by atoms with van der Waals surface area (Å²) in [6, 6.07) is 18.8. The van der Waals surface area contributed by atoms with Crippen molar-refractivity contribution in [2.45, 2.75) is 39.5 Å². The largest absolute Gasteiger partial charge is 0.481 e. The first-order valence-corrected chi connectivity index (χ1v) is 8.95. The highest BCUT2D eigenvalue weighted by molar-refractivity contribution is 5.81. The van der Waals surface area contributed by atoms with Crippen LogP contribution >= 0.6 is 0 Å². The zero-order valence-electron chi connectivity index (χ0n) is 15.7. The van der Waals surface area contributed by atoms with E-state index >= 15 is 0 Å². The molecule has 3 rings (SSSR count). The lowest BCUT2D eigenvalue weighted by Crippen LogP contribution is -2.43. The maximum atomic E-state index is 12.9. The summed E-state index contributed by atoms with van der Waals surface area (Å²) >= 11 is 0. The van der Waals surface area contributed by atoms with E-state index in [-0.39, 0.29) is 18.5 Å². The normalized spacial score (nSPS) is 12.0. The van der Waals surface area contributed by atoms with Gasteiger partial charge in [-0.25, -0.2) is 0 Å². The second-order valence-electron chi connectivity index (χ2n) is 6.51. The SMILES string of the molecule is CC(Oc1ccccc1)C(=O)N(Cc1nc(-c2ccccc2)no1)C(C)C. The fourth-order valence-corrected chi connectivity index (χ4v) is 2.67. The Balaban J connectivity index is 1.70. The maximum absolute atomic E-state index is 12.9. The molecular formula is C21H23N3O3. The number of nitrogens with zero attached hydrogens (tertiary/aromatic N) is 3. The Morgan fingerprint density at radius 1 is 1.04 bits per heavy atom. The van der Waals surface area contributed by atoms with Gasteiger partial charge in [-0.15, -0.1) is 0 Å². The highest BCUT2D eigenvalue weighted by Crippen LogP contribution is 2.18. The molecule has 6 nitrogen and oxygen atoms in total. The van der Waals surface area contributed by atoms with Gasteiger partial charge in [-0.1, -0.05) is 53.7 Å². The minimum absolute atomic E-state index is 0.0357. The minimum atomic E-state index is -0.619. The van der Waals surface area contributed by atoms with Crippen LogP contribution in [0.3, 0.4) is 0 Å².